The molecule has 0 saturated heterocycles. The van der Waals surface area contributed by atoms with Crippen molar-refractivity contribution in [3.63, 3.8) is 0 Å². The van der Waals surface area contributed by atoms with Crippen LogP contribution in [0.25, 0.3) is 0 Å². The molecular weight excluding hydrogens is 428 g/mol. The molecule has 1 N–H and O–H groups in total. The van der Waals surface area contributed by atoms with Crippen molar-refractivity contribution in [3.8, 4) is 5.75 Å². The van der Waals surface area contributed by atoms with E-state index in [1.807, 2.05) is 18.2 Å². The van der Waals surface area contributed by atoms with E-state index in [0.29, 0.717) is 48.0 Å². The Hall–Kier alpha value is -2.26. The molecule has 1 fully saturated rings. The quantitative estimate of drug-likeness (QED) is 0.299. The van der Waals surface area contributed by atoms with Gasteiger partial charge < -0.3 is 14.8 Å². The van der Waals surface area contributed by atoms with Crippen LogP contribution in [0.2, 0.25) is 5.02 Å². The number of halogens is 1. The zero-order valence-electron chi connectivity index (χ0n) is 16.8. The Bertz CT molecular complexity index is 872. The lowest BCUT2D eigenvalue weighted by Gasteiger charge is -2.11. The molecule has 1 aromatic carbocycles. The summed E-state index contributed by atoms with van der Waals surface area (Å²) in [5.41, 5.74) is 0. The summed E-state index contributed by atoms with van der Waals surface area (Å²) in [5.74, 6) is 1.19. The van der Waals surface area contributed by atoms with Gasteiger partial charge in [-0.15, -0.1) is 10.2 Å². The van der Waals surface area contributed by atoms with E-state index in [-0.39, 0.29) is 24.2 Å². The highest BCUT2D eigenvalue weighted by atomic mass is 35.5. The Morgan fingerprint density at radius 1 is 1.30 bits per heavy atom. The van der Waals surface area contributed by atoms with Crippen LogP contribution in [-0.2, 0) is 20.9 Å². The molecule has 1 aliphatic carbocycles. The Balaban J connectivity index is 1.47. The molecule has 8 nitrogen and oxygen atoms in total. The minimum Gasteiger partial charge on any atom is -0.484 e. The number of esters is 1. The predicted molar refractivity (Wildman–Crippen MR) is 114 cm³/mol. The molecule has 3 rings (SSSR count). The molecular formula is C20H25ClN4O4S. The molecule has 10 heteroatoms. The number of benzene rings is 1. The van der Waals surface area contributed by atoms with E-state index >= 15 is 0 Å². The van der Waals surface area contributed by atoms with Gasteiger partial charge >= 0.3 is 5.97 Å². The summed E-state index contributed by atoms with van der Waals surface area (Å²) in [6.07, 6.45) is 2.97. The molecule has 1 heterocycles. The first-order chi connectivity index (χ1) is 14.6. The van der Waals surface area contributed by atoms with Crippen molar-refractivity contribution in [1.82, 2.24) is 20.1 Å². The predicted octanol–water partition coefficient (Wildman–Crippen LogP) is 3.40. The number of thioether (sulfide) groups is 1. The van der Waals surface area contributed by atoms with Gasteiger partial charge in [0.05, 0.1) is 17.4 Å². The third kappa shape index (κ3) is 6.63. The Labute approximate surface area is 184 Å². The second-order valence-corrected chi connectivity index (χ2v) is 8.12. The lowest BCUT2D eigenvalue weighted by Crippen LogP contribution is -2.26. The summed E-state index contributed by atoms with van der Waals surface area (Å²) in [6, 6.07) is 7.63. The average Bonchev–Trinajstić information content (AvgIpc) is 3.49. The first kappa shape index (κ1) is 22.4. The molecule has 30 heavy (non-hydrogen) atoms. The van der Waals surface area contributed by atoms with Gasteiger partial charge in [0.1, 0.15) is 12.4 Å². The monoisotopic (exact) mass is 452 g/mol. The minimum atomic E-state index is -0.245. The van der Waals surface area contributed by atoms with Crippen LogP contribution in [0.15, 0.2) is 29.4 Å². The fraction of sp³-hybridized carbons (Fsp3) is 0.500. The van der Waals surface area contributed by atoms with Gasteiger partial charge in [-0.1, -0.05) is 35.5 Å². The summed E-state index contributed by atoms with van der Waals surface area (Å²) in [4.78, 5) is 23.4. The molecule has 0 bridgehead atoms. The maximum absolute atomic E-state index is 12.1. The molecule has 2 aromatic rings. The highest BCUT2D eigenvalue weighted by Crippen LogP contribution is 2.39. The number of ether oxygens (including phenoxy) is 2. The summed E-state index contributed by atoms with van der Waals surface area (Å²) in [6.45, 7) is 2.83. The van der Waals surface area contributed by atoms with E-state index in [2.05, 4.69) is 20.1 Å². The van der Waals surface area contributed by atoms with E-state index in [1.54, 1.807) is 13.0 Å². The third-order valence-corrected chi connectivity index (χ3v) is 5.61. The SMILES string of the molecule is CCOC(=O)CCCNC(=O)CSc1nnc(COc2ccccc2Cl)n1C1CC1. The van der Waals surface area contributed by atoms with Crippen LogP contribution in [0.3, 0.4) is 0 Å². The fourth-order valence-corrected chi connectivity index (χ4v) is 3.83. The number of nitrogens with zero attached hydrogens (tertiary/aromatic N) is 3. The smallest absolute Gasteiger partial charge is 0.305 e. The largest absolute Gasteiger partial charge is 0.484 e. The Kier molecular flexibility index (Phi) is 8.39. The van der Waals surface area contributed by atoms with Crippen molar-refractivity contribution >= 4 is 35.2 Å². The number of amides is 1. The van der Waals surface area contributed by atoms with E-state index in [1.165, 1.54) is 11.8 Å². The van der Waals surface area contributed by atoms with Crippen molar-refractivity contribution in [1.29, 1.82) is 0 Å². The molecule has 1 amide bonds. The number of nitrogens with one attached hydrogen (secondary N) is 1. The van der Waals surface area contributed by atoms with E-state index in [0.717, 1.165) is 18.7 Å². The van der Waals surface area contributed by atoms with Gasteiger partial charge in [-0.3, -0.25) is 14.2 Å². The van der Waals surface area contributed by atoms with Gasteiger partial charge in [0, 0.05) is 19.0 Å². The first-order valence-electron chi connectivity index (χ1n) is 9.94. The van der Waals surface area contributed by atoms with Gasteiger partial charge in [0.25, 0.3) is 0 Å². The number of hydrogen-bond donors (Lipinski definition) is 1. The highest BCUT2D eigenvalue weighted by molar-refractivity contribution is 7.99. The lowest BCUT2D eigenvalue weighted by molar-refractivity contribution is -0.143. The van der Waals surface area contributed by atoms with Crippen LogP contribution in [0.1, 0.15) is 44.5 Å². The normalized spacial score (nSPS) is 13.1. The lowest BCUT2D eigenvalue weighted by atomic mass is 10.3. The highest BCUT2D eigenvalue weighted by Gasteiger charge is 2.30. The number of carbonyl (C=O) groups is 2. The van der Waals surface area contributed by atoms with Crippen molar-refractivity contribution in [3.05, 3.63) is 35.1 Å². The van der Waals surface area contributed by atoms with E-state index < -0.39 is 0 Å². The number of para-hydroxylation sites is 1. The number of aromatic nitrogens is 3. The molecule has 1 aromatic heterocycles. The van der Waals surface area contributed by atoms with Gasteiger partial charge in [-0.2, -0.15) is 0 Å². The van der Waals surface area contributed by atoms with Crippen LogP contribution < -0.4 is 10.1 Å². The molecule has 162 valence electrons. The summed E-state index contributed by atoms with van der Waals surface area (Å²) in [5, 5.41) is 12.6. The fourth-order valence-electron chi connectivity index (χ4n) is 2.78. The van der Waals surface area contributed by atoms with Gasteiger partial charge in [0.15, 0.2) is 11.0 Å². The van der Waals surface area contributed by atoms with Crippen LogP contribution in [0, 0.1) is 0 Å². The van der Waals surface area contributed by atoms with Crippen LogP contribution >= 0.6 is 23.4 Å². The molecule has 0 spiro atoms. The molecule has 0 aliphatic heterocycles. The summed E-state index contributed by atoms with van der Waals surface area (Å²) >= 11 is 7.48. The Morgan fingerprint density at radius 3 is 2.83 bits per heavy atom. The number of carbonyl (C=O) groups excluding carboxylic acids is 2. The molecule has 1 aliphatic rings. The number of rotatable bonds is 12. The van der Waals surface area contributed by atoms with Crippen molar-refractivity contribution in [2.75, 3.05) is 18.9 Å². The second kappa shape index (κ2) is 11.2. The van der Waals surface area contributed by atoms with Crippen molar-refractivity contribution in [2.24, 2.45) is 0 Å². The van der Waals surface area contributed by atoms with Gasteiger partial charge in [-0.05, 0) is 38.3 Å². The maximum atomic E-state index is 12.1. The van der Waals surface area contributed by atoms with Gasteiger partial charge in [0.2, 0.25) is 5.91 Å². The Morgan fingerprint density at radius 2 is 2.10 bits per heavy atom. The first-order valence-corrected chi connectivity index (χ1v) is 11.3. The van der Waals surface area contributed by atoms with Gasteiger partial charge in [-0.25, -0.2) is 0 Å². The van der Waals surface area contributed by atoms with E-state index in [4.69, 9.17) is 21.1 Å². The van der Waals surface area contributed by atoms with Crippen LogP contribution in [-0.4, -0.2) is 45.5 Å². The summed E-state index contributed by atoms with van der Waals surface area (Å²) < 4.78 is 12.7. The molecule has 0 radical (unpaired) electrons. The zero-order chi connectivity index (χ0) is 21.3. The maximum Gasteiger partial charge on any atom is 0.305 e. The molecule has 0 atom stereocenters. The standard InChI is InChI=1S/C20H25ClN4O4S/c1-2-28-19(27)8-5-11-22-18(26)13-30-20-24-23-17(25(20)14-9-10-14)12-29-16-7-4-3-6-15(16)21/h3-4,6-7,14H,2,5,8-13H2,1H3,(H,22,26). The molecule has 1 saturated carbocycles. The van der Waals surface area contributed by atoms with E-state index in [9.17, 15) is 9.59 Å². The van der Waals surface area contributed by atoms with Crippen molar-refractivity contribution < 1.29 is 19.1 Å². The van der Waals surface area contributed by atoms with Crippen LogP contribution in [0.5, 0.6) is 5.75 Å². The average molecular weight is 453 g/mol. The van der Waals surface area contributed by atoms with Crippen molar-refractivity contribution in [2.45, 2.75) is 50.4 Å². The third-order valence-electron chi connectivity index (χ3n) is 4.36. The second-order valence-electron chi connectivity index (χ2n) is 6.77. The summed E-state index contributed by atoms with van der Waals surface area (Å²) in [7, 11) is 0. The molecule has 0 unspecified atom stereocenters. The topological polar surface area (TPSA) is 95.3 Å². The van der Waals surface area contributed by atoms with Crippen LogP contribution in [0.4, 0.5) is 0 Å². The zero-order valence-corrected chi connectivity index (χ0v) is 18.4. The minimum absolute atomic E-state index is 0.108. The number of hydrogen-bond acceptors (Lipinski definition) is 7.